The molecule has 0 bridgehead atoms. The van der Waals surface area contributed by atoms with Crippen molar-refractivity contribution >= 4 is 49.0 Å². The Morgan fingerprint density at radius 2 is 1.60 bits per heavy atom. The molecule has 3 aromatic heterocycles. The van der Waals surface area contributed by atoms with Crippen LogP contribution < -0.4 is 4.57 Å². The minimum atomic E-state index is 0.0407. The third kappa shape index (κ3) is 2.01. The Bertz CT molecular complexity index is 1640. The van der Waals surface area contributed by atoms with E-state index in [1.54, 1.807) is 0 Å². The van der Waals surface area contributed by atoms with Gasteiger partial charge in [0.05, 0.1) is 27.3 Å². The Balaban J connectivity index is 2.15. The van der Waals surface area contributed by atoms with Gasteiger partial charge in [0.1, 0.15) is 7.05 Å². The molecule has 0 aliphatic heterocycles. The van der Waals surface area contributed by atoms with Gasteiger partial charge in [-0.05, 0) is 47.4 Å². The summed E-state index contributed by atoms with van der Waals surface area (Å²) in [5.74, 6) is 0. The molecule has 3 heterocycles. The summed E-state index contributed by atoms with van der Waals surface area (Å²) >= 11 is 0. The minimum Gasteiger partial charge on any atom is -0.307 e. The van der Waals surface area contributed by atoms with Crippen LogP contribution in [-0.2, 0) is 12.5 Å². The second-order valence-corrected chi connectivity index (χ2v) is 9.89. The molecule has 6 rings (SSSR count). The zero-order chi connectivity index (χ0) is 20.9. The van der Waals surface area contributed by atoms with Crippen molar-refractivity contribution < 1.29 is 4.57 Å². The summed E-state index contributed by atoms with van der Waals surface area (Å²) in [6.07, 6.45) is 2.21. The van der Waals surface area contributed by atoms with Crippen molar-refractivity contribution in [2.75, 3.05) is 0 Å². The highest BCUT2D eigenvalue weighted by atomic mass is 15.0. The zero-order valence-corrected chi connectivity index (χ0v) is 18.6. The third-order valence-corrected chi connectivity index (χ3v) is 7.02. The molecule has 0 aliphatic carbocycles. The lowest BCUT2D eigenvalue weighted by Crippen LogP contribution is -2.29. The summed E-state index contributed by atoms with van der Waals surface area (Å²) in [6, 6.07) is 18.1. The van der Waals surface area contributed by atoms with Crippen LogP contribution in [0.3, 0.4) is 0 Å². The van der Waals surface area contributed by atoms with E-state index < -0.39 is 0 Å². The first-order valence-electron chi connectivity index (χ1n) is 10.8. The van der Waals surface area contributed by atoms with Gasteiger partial charge in [-0.1, -0.05) is 57.2 Å². The minimum absolute atomic E-state index is 0.0407. The van der Waals surface area contributed by atoms with Crippen LogP contribution in [0.1, 0.15) is 37.5 Å². The lowest BCUT2D eigenvalue weighted by atomic mass is 9.82. The first-order valence-corrected chi connectivity index (χ1v) is 10.8. The summed E-state index contributed by atoms with van der Waals surface area (Å²) in [4.78, 5) is 0. The highest BCUT2D eigenvalue weighted by Crippen LogP contribution is 2.44. The number of pyridine rings is 2. The molecule has 0 unspecified atom stereocenters. The van der Waals surface area contributed by atoms with Crippen molar-refractivity contribution in [1.82, 2.24) is 4.40 Å². The van der Waals surface area contributed by atoms with Gasteiger partial charge in [-0.25, -0.2) is 4.57 Å². The molecular weight excluding hydrogens is 364 g/mol. The molecular formula is C28H27N2+. The summed E-state index contributed by atoms with van der Waals surface area (Å²) < 4.78 is 4.88. The molecule has 148 valence electrons. The van der Waals surface area contributed by atoms with E-state index in [2.05, 4.69) is 105 Å². The lowest BCUT2D eigenvalue weighted by Gasteiger charge is -2.25. The van der Waals surface area contributed by atoms with E-state index in [4.69, 9.17) is 0 Å². The lowest BCUT2D eigenvalue weighted by molar-refractivity contribution is -0.643. The molecule has 0 saturated carbocycles. The second kappa shape index (κ2) is 5.51. The third-order valence-electron chi connectivity index (χ3n) is 7.02. The van der Waals surface area contributed by atoms with Crippen molar-refractivity contribution in [2.45, 2.75) is 40.0 Å². The Hall–Kier alpha value is -3.13. The number of nitrogens with zero attached hydrogens (tertiary/aromatic N) is 2. The maximum atomic E-state index is 2.56. The van der Waals surface area contributed by atoms with Gasteiger partial charge < -0.3 is 4.40 Å². The van der Waals surface area contributed by atoms with Crippen LogP contribution in [0.4, 0.5) is 0 Å². The molecule has 6 aromatic rings. The summed E-state index contributed by atoms with van der Waals surface area (Å²) in [5.41, 5.74) is 9.54. The Kier molecular flexibility index (Phi) is 3.25. The van der Waals surface area contributed by atoms with E-state index in [-0.39, 0.29) is 5.41 Å². The second-order valence-electron chi connectivity index (χ2n) is 9.89. The van der Waals surface area contributed by atoms with Crippen LogP contribution in [-0.4, -0.2) is 4.40 Å². The molecule has 3 aromatic carbocycles. The molecule has 0 aliphatic rings. The molecule has 2 nitrogen and oxygen atoms in total. The number of rotatable bonds is 0. The van der Waals surface area contributed by atoms with Crippen LogP contribution in [0.25, 0.3) is 49.0 Å². The van der Waals surface area contributed by atoms with Crippen LogP contribution in [0, 0.1) is 13.8 Å². The number of para-hydroxylation sites is 1. The van der Waals surface area contributed by atoms with E-state index in [9.17, 15) is 0 Å². The number of hydrogen-bond acceptors (Lipinski definition) is 0. The molecule has 0 saturated heterocycles. The van der Waals surface area contributed by atoms with Crippen molar-refractivity contribution in [3.8, 4) is 0 Å². The Morgan fingerprint density at radius 1 is 0.833 bits per heavy atom. The quantitative estimate of drug-likeness (QED) is 0.154. The molecule has 0 atom stereocenters. The van der Waals surface area contributed by atoms with Gasteiger partial charge in [-0.3, -0.25) is 0 Å². The van der Waals surface area contributed by atoms with Crippen LogP contribution >= 0.6 is 0 Å². The smallest absolute Gasteiger partial charge is 0.224 e. The predicted molar refractivity (Wildman–Crippen MR) is 128 cm³/mol. The summed E-state index contributed by atoms with van der Waals surface area (Å²) in [6.45, 7) is 11.6. The maximum Gasteiger partial charge on any atom is 0.224 e. The molecule has 0 radical (unpaired) electrons. The maximum absolute atomic E-state index is 2.56. The largest absolute Gasteiger partial charge is 0.307 e. The molecule has 0 N–H and O–H groups in total. The van der Waals surface area contributed by atoms with Gasteiger partial charge in [-0.15, -0.1) is 0 Å². The fourth-order valence-corrected chi connectivity index (χ4v) is 5.43. The molecule has 0 fully saturated rings. The topological polar surface area (TPSA) is 8.29 Å². The fourth-order valence-electron chi connectivity index (χ4n) is 5.43. The van der Waals surface area contributed by atoms with Gasteiger partial charge >= 0.3 is 0 Å². The summed E-state index contributed by atoms with van der Waals surface area (Å²) in [7, 11) is 2.19. The van der Waals surface area contributed by atoms with Crippen molar-refractivity contribution in [2.24, 2.45) is 7.05 Å². The normalized spacial score (nSPS) is 13.0. The number of benzene rings is 3. The van der Waals surface area contributed by atoms with E-state index in [1.807, 2.05) is 0 Å². The highest BCUT2D eigenvalue weighted by molar-refractivity contribution is 6.27. The number of fused-ring (bicyclic) bond motifs is 6. The standard InChI is InChI=1S/C28H27N2/c1-16-15-21(28(3,4)5)26-23(17(16)2)27-24-18(13-14-29(27)6)11-12-20-19-9-7-8-10-22(19)30(26)25(20)24/h7-15H,1-6H3/q+1. The molecule has 0 amide bonds. The van der Waals surface area contributed by atoms with Crippen molar-refractivity contribution in [3.63, 3.8) is 0 Å². The molecule has 2 heteroatoms. The zero-order valence-electron chi connectivity index (χ0n) is 18.6. The van der Waals surface area contributed by atoms with Crippen LogP contribution in [0.15, 0.2) is 54.7 Å². The number of hydrogen-bond donors (Lipinski definition) is 0. The van der Waals surface area contributed by atoms with Gasteiger partial charge in [0, 0.05) is 16.8 Å². The fraction of sp³-hybridized carbons (Fsp3) is 0.250. The molecule has 0 spiro atoms. The van der Waals surface area contributed by atoms with Crippen LogP contribution in [0.5, 0.6) is 0 Å². The SMILES string of the molecule is Cc1cc(C(C)(C)C)c2c(c1C)c1c3c(ccc4c5ccccc5n2c43)cc[n+]1C. The number of aromatic nitrogens is 2. The summed E-state index contributed by atoms with van der Waals surface area (Å²) in [5, 5.41) is 6.74. The highest BCUT2D eigenvalue weighted by Gasteiger charge is 2.28. The Labute approximate surface area is 176 Å². The van der Waals surface area contributed by atoms with E-state index in [0.717, 1.165) is 0 Å². The molecule has 30 heavy (non-hydrogen) atoms. The van der Waals surface area contributed by atoms with Crippen LogP contribution in [0.2, 0.25) is 0 Å². The Morgan fingerprint density at radius 3 is 2.37 bits per heavy atom. The van der Waals surface area contributed by atoms with Crippen molar-refractivity contribution in [3.05, 3.63) is 71.4 Å². The monoisotopic (exact) mass is 391 g/mol. The predicted octanol–water partition coefficient (Wildman–Crippen LogP) is 6.73. The van der Waals surface area contributed by atoms with Gasteiger partial charge in [0.2, 0.25) is 5.52 Å². The van der Waals surface area contributed by atoms with Gasteiger partial charge in [-0.2, -0.15) is 0 Å². The van der Waals surface area contributed by atoms with E-state index in [1.165, 1.54) is 65.7 Å². The average Bonchev–Trinajstić information content (AvgIpc) is 3.05. The van der Waals surface area contributed by atoms with Gasteiger partial charge in [0.15, 0.2) is 6.20 Å². The van der Waals surface area contributed by atoms with Gasteiger partial charge in [0.25, 0.3) is 0 Å². The first-order chi connectivity index (χ1) is 14.3. The van der Waals surface area contributed by atoms with E-state index >= 15 is 0 Å². The number of aryl methyl sites for hydroxylation is 3. The van der Waals surface area contributed by atoms with Crippen molar-refractivity contribution in [1.29, 1.82) is 0 Å². The van der Waals surface area contributed by atoms with E-state index in [0.29, 0.717) is 0 Å². The average molecular weight is 392 g/mol. The first kappa shape index (κ1) is 17.7.